The lowest BCUT2D eigenvalue weighted by atomic mass is 9.96. The minimum Gasteiger partial charge on any atom is -0.296 e. The molecule has 0 N–H and O–H groups in total. The van der Waals surface area contributed by atoms with E-state index in [2.05, 4.69) is 43.2 Å². The molecule has 0 aromatic heterocycles. The van der Waals surface area contributed by atoms with Crippen molar-refractivity contribution in [3.05, 3.63) is 77.5 Å². The summed E-state index contributed by atoms with van der Waals surface area (Å²) < 4.78 is 0. The van der Waals surface area contributed by atoms with Gasteiger partial charge in [0.15, 0.2) is 0 Å². The van der Waals surface area contributed by atoms with Gasteiger partial charge < -0.3 is 0 Å². The maximum Gasteiger partial charge on any atom is 0.259 e. The fourth-order valence-electron chi connectivity index (χ4n) is 2.66. The van der Waals surface area contributed by atoms with Gasteiger partial charge in [-0.25, -0.2) is 0 Å². The van der Waals surface area contributed by atoms with Gasteiger partial charge in [0.05, 0.1) is 0 Å². The predicted octanol–water partition coefficient (Wildman–Crippen LogP) is 4.74. The van der Waals surface area contributed by atoms with E-state index in [4.69, 9.17) is 0 Å². The lowest BCUT2D eigenvalue weighted by molar-refractivity contribution is 0.0795. The Morgan fingerprint density at radius 3 is 2.38 bits per heavy atom. The highest BCUT2D eigenvalue weighted by molar-refractivity contribution is 6.83. The summed E-state index contributed by atoms with van der Waals surface area (Å²) in [5, 5.41) is 0. The fourth-order valence-corrected chi connectivity index (χ4v) is 3.22. The van der Waals surface area contributed by atoms with Crippen LogP contribution in [0.4, 0.5) is 0 Å². The molecule has 0 bridgehead atoms. The Morgan fingerprint density at radius 2 is 1.67 bits per heavy atom. The highest BCUT2D eigenvalue weighted by Crippen LogP contribution is 2.31. The number of hydrogen-bond acceptors (Lipinski definition) is 1. The van der Waals surface area contributed by atoms with E-state index in [0.717, 1.165) is 11.1 Å². The molecule has 1 heterocycles. The Labute approximate surface area is 144 Å². The summed E-state index contributed by atoms with van der Waals surface area (Å²) in [7, 11) is -1.53. The molecule has 1 amide bonds. The quantitative estimate of drug-likeness (QED) is 0.546. The minimum atomic E-state index is -1.53. The van der Waals surface area contributed by atoms with Crippen LogP contribution in [0.2, 0.25) is 19.6 Å². The summed E-state index contributed by atoms with van der Waals surface area (Å²) >= 11 is 0. The molecule has 3 heteroatoms. The average molecular weight is 331 g/mol. The summed E-state index contributed by atoms with van der Waals surface area (Å²) in [6.07, 6.45) is 3.85. The van der Waals surface area contributed by atoms with E-state index >= 15 is 0 Å². The third-order valence-corrected chi connectivity index (χ3v) is 4.72. The Morgan fingerprint density at radius 1 is 1.00 bits per heavy atom. The maximum absolute atomic E-state index is 13.0. The van der Waals surface area contributed by atoms with Crippen LogP contribution in [0.5, 0.6) is 0 Å². The van der Waals surface area contributed by atoms with Crippen LogP contribution >= 0.6 is 0 Å². The largest absolute Gasteiger partial charge is 0.296 e. The van der Waals surface area contributed by atoms with Crippen LogP contribution in [0, 0.1) is 11.5 Å². The molecular formula is C21H21NOSi. The molecule has 24 heavy (non-hydrogen) atoms. The van der Waals surface area contributed by atoms with E-state index in [1.165, 1.54) is 0 Å². The Hall–Kier alpha value is -2.57. The van der Waals surface area contributed by atoms with Crippen molar-refractivity contribution in [2.45, 2.75) is 25.7 Å². The molecule has 1 atom stereocenters. The van der Waals surface area contributed by atoms with Crippen molar-refractivity contribution < 1.29 is 4.79 Å². The van der Waals surface area contributed by atoms with Crippen LogP contribution in [0.1, 0.15) is 27.5 Å². The lowest BCUT2D eigenvalue weighted by Crippen LogP contribution is -2.32. The number of rotatable bonds is 1. The number of amides is 1. The van der Waals surface area contributed by atoms with Gasteiger partial charge in [-0.2, -0.15) is 0 Å². The molecule has 1 aliphatic rings. The number of carbonyl (C=O) groups is 1. The molecule has 0 saturated heterocycles. The third-order valence-electron chi connectivity index (χ3n) is 3.82. The minimum absolute atomic E-state index is 0.0174. The number of benzene rings is 2. The SMILES string of the molecule is C[Si](C)(C)C#CC1c2ccccc2C=CN1C(=O)c1ccccc1. The van der Waals surface area contributed by atoms with Gasteiger partial charge in [-0.05, 0) is 29.3 Å². The number of fused-ring (bicyclic) bond motifs is 1. The normalized spacial score (nSPS) is 16.1. The second-order valence-electron chi connectivity index (χ2n) is 6.94. The van der Waals surface area contributed by atoms with Crippen LogP contribution < -0.4 is 0 Å². The van der Waals surface area contributed by atoms with Gasteiger partial charge in [0.1, 0.15) is 14.1 Å². The first-order valence-electron chi connectivity index (χ1n) is 8.13. The maximum atomic E-state index is 13.0. The van der Waals surface area contributed by atoms with Gasteiger partial charge in [-0.3, -0.25) is 9.69 Å². The number of carbonyl (C=O) groups excluding carboxylic acids is 1. The summed E-state index contributed by atoms with van der Waals surface area (Å²) in [4.78, 5) is 14.7. The van der Waals surface area contributed by atoms with Crippen molar-refractivity contribution >= 4 is 20.1 Å². The molecule has 120 valence electrons. The highest BCUT2D eigenvalue weighted by atomic mass is 28.3. The molecule has 1 unspecified atom stereocenters. The van der Waals surface area contributed by atoms with Crippen LogP contribution in [-0.2, 0) is 0 Å². The summed E-state index contributed by atoms with van der Waals surface area (Å²) in [6.45, 7) is 6.65. The zero-order valence-corrected chi connectivity index (χ0v) is 15.3. The highest BCUT2D eigenvalue weighted by Gasteiger charge is 2.27. The van der Waals surface area contributed by atoms with Crippen molar-refractivity contribution in [3.63, 3.8) is 0 Å². The zero-order valence-electron chi connectivity index (χ0n) is 14.3. The van der Waals surface area contributed by atoms with Gasteiger partial charge in [-0.1, -0.05) is 68.0 Å². The number of hydrogen-bond donors (Lipinski definition) is 0. The first-order chi connectivity index (χ1) is 11.5. The standard InChI is InChI=1S/C21H21NOSi/c1-24(2,3)16-14-20-19-12-8-7-9-17(19)13-15-22(20)21(23)18-10-5-4-6-11-18/h4-13,15,20H,1-3H3. The van der Waals surface area contributed by atoms with E-state index in [0.29, 0.717) is 5.56 Å². The molecule has 2 aromatic carbocycles. The topological polar surface area (TPSA) is 20.3 Å². The van der Waals surface area contributed by atoms with Gasteiger partial charge in [-0.15, -0.1) is 5.54 Å². The van der Waals surface area contributed by atoms with Crippen LogP contribution in [-0.4, -0.2) is 18.9 Å². The third kappa shape index (κ3) is 3.50. The van der Waals surface area contributed by atoms with Crippen LogP contribution in [0.15, 0.2) is 60.8 Å². The predicted molar refractivity (Wildman–Crippen MR) is 102 cm³/mol. The van der Waals surface area contributed by atoms with Crippen molar-refractivity contribution in [3.8, 4) is 11.5 Å². The van der Waals surface area contributed by atoms with Gasteiger partial charge in [0.2, 0.25) is 0 Å². The van der Waals surface area contributed by atoms with Crippen LogP contribution in [0.3, 0.4) is 0 Å². The van der Waals surface area contributed by atoms with Gasteiger partial charge in [0.25, 0.3) is 5.91 Å². The Kier molecular flexibility index (Phi) is 4.42. The second-order valence-corrected chi connectivity index (χ2v) is 11.7. The van der Waals surface area contributed by atoms with E-state index in [1.54, 1.807) is 4.90 Å². The van der Waals surface area contributed by atoms with E-state index in [-0.39, 0.29) is 11.9 Å². The lowest BCUT2D eigenvalue weighted by Gasteiger charge is -2.30. The Bertz CT molecular complexity index is 837. The van der Waals surface area contributed by atoms with Crippen molar-refractivity contribution in [1.29, 1.82) is 0 Å². The Balaban J connectivity index is 2.04. The summed E-state index contributed by atoms with van der Waals surface area (Å²) in [6, 6.07) is 17.3. The first-order valence-corrected chi connectivity index (χ1v) is 11.6. The molecule has 2 aromatic rings. The van der Waals surface area contributed by atoms with Gasteiger partial charge >= 0.3 is 0 Å². The smallest absolute Gasteiger partial charge is 0.259 e. The molecule has 3 rings (SSSR count). The summed E-state index contributed by atoms with van der Waals surface area (Å²) in [5.41, 5.74) is 6.33. The summed E-state index contributed by atoms with van der Waals surface area (Å²) in [5.74, 6) is 3.37. The molecular weight excluding hydrogens is 310 g/mol. The fraction of sp³-hybridized carbons (Fsp3) is 0.190. The average Bonchev–Trinajstić information content (AvgIpc) is 2.59. The van der Waals surface area contributed by atoms with E-state index in [1.807, 2.05) is 54.7 Å². The molecule has 0 saturated carbocycles. The second kappa shape index (κ2) is 6.50. The zero-order chi connectivity index (χ0) is 17.2. The van der Waals surface area contributed by atoms with Crippen molar-refractivity contribution in [2.75, 3.05) is 0 Å². The monoisotopic (exact) mass is 331 g/mol. The molecule has 0 aliphatic carbocycles. The molecule has 0 spiro atoms. The van der Waals surface area contributed by atoms with Crippen LogP contribution in [0.25, 0.3) is 6.08 Å². The van der Waals surface area contributed by atoms with E-state index < -0.39 is 8.07 Å². The number of nitrogens with zero attached hydrogens (tertiary/aromatic N) is 1. The van der Waals surface area contributed by atoms with Crippen molar-refractivity contribution in [2.24, 2.45) is 0 Å². The molecule has 1 aliphatic heterocycles. The van der Waals surface area contributed by atoms with Gasteiger partial charge in [0, 0.05) is 11.8 Å². The molecule has 0 fully saturated rings. The molecule has 2 nitrogen and oxygen atoms in total. The first kappa shape index (κ1) is 16.3. The molecule has 0 radical (unpaired) electrons. The van der Waals surface area contributed by atoms with Crippen molar-refractivity contribution in [1.82, 2.24) is 4.90 Å². The van der Waals surface area contributed by atoms with E-state index in [9.17, 15) is 4.79 Å².